The molecule has 13 heteroatoms. The van der Waals surface area contributed by atoms with Crippen molar-refractivity contribution in [2.75, 3.05) is 37.6 Å². The van der Waals surface area contributed by atoms with Gasteiger partial charge in [-0.3, -0.25) is 20.2 Å². The number of halogens is 3. The maximum absolute atomic E-state index is 13.3. The third-order valence-electron chi connectivity index (χ3n) is 6.87. The van der Waals surface area contributed by atoms with Gasteiger partial charge in [0.05, 0.1) is 18.3 Å². The zero-order valence-electron chi connectivity index (χ0n) is 19.3. The Morgan fingerprint density at radius 2 is 1.86 bits per heavy atom. The number of aromatic nitrogens is 6. The van der Waals surface area contributed by atoms with E-state index in [0.29, 0.717) is 23.1 Å². The molecule has 4 aromatic rings. The first-order chi connectivity index (χ1) is 17.5. The van der Waals surface area contributed by atoms with Crippen LogP contribution < -0.4 is 15.8 Å². The zero-order valence-corrected chi connectivity index (χ0v) is 19.3. The second-order valence-corrected chi connectivity index (χ2v) is 9.07. The lowest BCUT2D eigenvalue weighted by atomic mass is 9.96. The Labute approximate surface area is 204 Å². The monoisotopic (exact) mass is 498 g/mol. The van der Waals surface area contributed by atoms with Crippen LogP contribution in [0.2, 0.25) is 0 Å². The highest BCUT2D eigenvalue weighted by molar-refractivity contribution is 5.59. The molecule has 0 amide bonds. The van der Waals surface area contributed by atoms with Gasteiger partial charge in [0, 0.05) is 69.5 Å². The van der Waals surface area contributed by atoms with E-state index in [-0.39, 0.29) is 6.04 Å². The molecule has 1 unspecified atom stereocenters. The van der Waals surface area contributed by atoms with Crippen LogP contribution in [0.4, 0.5) is 19.0 Å². The number of anilines is 1. The van der Waals surface area contributed by atoms with E-state index in [1.165, 1.54) is 16.7 Å². The summed E-state index contributed by atoms with van der Waals surface area (Å²) in [6.07, 6.45) is 3.34. The zero-order chi connectivity index (χ0) is 24.7. The van der Waals surface area contributed by atoms with Crippen LogP contribution in [0.15, 0.2) is 49.2 Å². The Morgan fingerprint density at radius 3 is 2.64 bits per heavy atom. The molecule has 0 aliphatic carbocycles. The number of pyridine rings is 1. The predicted molar refractivity (Wildman–Crippen MR) is 126 cm³/mol. The molecule has 1 atom stereocenters. The fourth-order valence-electron chi connectivity index (χ4n) is 4.99. The molecule has 2 aliphatic rings. The number of hydrogen-bond acceptors (Lipinski definition) is 8. The van der Waals surface area contributed by atoms with Crippen molar-refractivity contribution in [3.63, 3.8) is 0 Å². The highest BCUT2D eigenvalue weighted by Gasteiger charge is 2.36. The first kappa shape index (κ1) is 22.9. The van der Waals surface area contributed by atoms with Crippen molar-refractivity contribution in [1.82, 2.24) is 45.1 Å². The molecule has 2 fully saturated rings. The first-order valence-electron chi connectivity index (χ1n) is 11.8. The molecule has 3 N–H and O–H groups in total. The van der Waals surface area contributed by atoms with Gasteiger partial charge in [-0.15, -0.1) is 0 Å². The summed E-state index contributed by atoms with van der Waals surface area (Å²) in [7, 11) is 0. The van der Waals surface area contributed by atoms with E-state index in [2.05, 4.69) is 40.6 Å². The number of piperazine rings is 1. The highest BCUT2D eigenvalue weighted by atomic mass is 19.4. The summed E-state index contributed by atoms with van der Waals surface area (Å²) >= 11 is 0. The van der Waals surface area contributed by atoms with Crippen molar-refractivity contribution in [1.29, 1.82) is 0 Å². The normalized spacial score (nSPS) is 20.0. The topological polar surface area (TPSA) is 102 Å². The minimum absolute atomic E-state index is 0.259. The van der Waals surface area contributed by atoms with Crippen LogP contribution in [-0.4, -0.2) is 73.0 Å². The maximum atomic E-state index is 13.3. The molecule has 4 aromatic heterocycles. The molecule has 0 bridgehead atoms. The minimum Gasteiger partial charge on any atom is -0.354 e. The Kier molecular flexibility index (Phi) is 5.82. The maximum Gasteiger partial charge on any atom is 0.417 e. The number of aromatic amines is 1. The van der Waals surface area contributed by atoms with Crippen LogP contribution in [0.5, 0.6) is 0 Å². The second-order valence-electron chi connectivity index (χ2n) is 9.07. The van der Waals surface area contributed by atoms with Gasteiger partial charge in [0.25, 0.3) is 0 Å². The first-order valence-corrected chi connectivity index (χ1v) is 11.8. The molecule has 188 valence electrons. The minimum atomic E-state index is -4.45. The van der Waals surface area contributed by atoms with Crippen molar-refractivity contribution in [2.24, 2.45) is 5.92 Å². The van der Waals surface area contributed by atoms with Gasteiger partial charge in [-0.2, -0.15) is 13.2 Å². The summed E-state index contributed by atoms with van der Waals surface area (Å²) in [5, 5.41) is 0. The molecule has 2 aliphatic heterocycles. The standard InChI is InChI=1S/C23H25F3N10/c24-23(25,26)16-1-2-20-30-11-17(36(20)12-16)22-29-4-3-21(33-22)35-8-7-34(14-19-27-5-6-28-19)18(13-35)15-9-31-32-10-15/h1-6,11-12,15,18,31-32H,7-10,13-14H2,(H,27,28). The molecule has 10 nitrogen and oxygen atoms in total. The lowest BCUT2D eigenvalue weighted by Gasteiger charge is -2.44. The fraction of sp³-hybridized carbons (Fsp3) is 0.391. The summed E-state index contributed by atoms with van der Waals surface area (Å²) < 4.78 is 41.3. The Bertz CT molecular complexity index is 1330. The number of nitrogens with zero attached hydrogens (tertiary/aromatic N) is 7. The molecule has 0 saturated carbocycles. The highest BCUT2D eigenvalue weighted by Crippen LogP contribution is 2.31. The van der Waals surface area contributed by atoms with Crippen LogP contribution in [0.3, 0.4) is 0 Å². The molecule has 6 heterocycles. The Balaban J connectivity index is 1.28. The number of nitrogens with one attached hydrogen (secondary N) is 3. The lowest BCUT2D eigenvalue weighted by molar-refractivity contribution is -0.137. The van der Waals surface area contributed by atoms with E-state index >= 15 is 0 Å². The van der Waals surface area contributed by atoms with E-state index < -0.39 is 11.7 Å². The van der Waals surface area contributed by atoms with Crippen molar-refractivity contribution >= 4 is 11.5 Å². The molecular formula is C23H25F3N10. The molecule has 2 saturated heterocycles. The van der Waals surface area contributed by atoms with Gasteiger partial charge in [-0.1, -0.05) is 0 Å². The van der Waals surface area contributed by atoms with Gasteiger partial charge in [-0.05, 0) is 18.2 Å². The molecule has 0 radical (unpaired) electrons. The number of hydrogen-bond donors (Lipinski definition) is 3. The smallest absolute Gasteiger partial charge is 0.354 e. The van der Waals surface area contributed by atoms with Gasteiger partial charge in [-0.25, -0.2) is 19.9 Å². The van der Waals surface area contributed by atoms with E-state index in [0.717, 1.165) is 63.2 Å². The average molecular weight is 499 g/mol. The van der Waals surface area contributed by atoms with Crippen molar-refractivity contribution < 1.29 is 13.2 Å². The molecule has 0 spiro atoms. The van der Waals surface area contributed by atoms with Crippen LogP contribution in [0.1, 0.15) is 11.4 Å². The fourth-order valence-corrected chi connectivity index (χ4v) is 4.99. The Hall–Kier alpha value is -3.55. The quantitative estimate of drug-likeness (QED) is 0.384. The van der Waals surface area contributed by atoms with E-state index in [9.17, 15) is 13.2 Å². The summed E-state index contributed by atoms with van der Waals surface area (Å²) in [5.74, 6) is 2.41. The SMILES string of the molecule is FC(F)(F)c1ccc2ncc(-c3nccc(N4CCN(Cc5ncc[nH]5)C(C5CNNC5)C4)n3)n2c1. The van der Waals surface area contributed by atoms with Crippen LogP contribution in [0, 0.1) is 5.92 Å². The molecule has 0 aromatic carbocycles. The third-order valence-corrected chi connectivity index (χ3v) is 6.87. The van der Waals surface area contributed by atoms with Gasteiger partial charge in [0.2, 0.25) is 0 Å². The van der Waals surface area contributed by atoms with Crippen LogP contribution in [0.25, 0.3) is 17.2 Å². The van der Waals surface area contributed by atoms with E-state index in [4.69, 9.17) is 4.98 Å². The van der Waals surface area contributed by atoms with Crippen LogP contribution in [-0.2, 0) is 12.7 Å². The molecular weight excluding hydrogens is 473 g/mol. The summed E-state index contributed by atoms with van der Waals surface area (Å²) in [6, 6.07) is 4.48. The Morgan fingerprint density at radius 1 is 1.00 bits per heavy atom. The second kappa shape index (κ2) is 9.15. The van der Waals surface area contributed by atoms with Crippen molar-refractivity contribution in [3.05, 3.63) is 60.6 Å². The molecule has 36 heavy (non-hydrogen) atoms. The largest absolute Gasteiger partial charge is 0.417 e. The summed E-state index contributed by atoms with van der Waals surface area (Å²) in [6.45, 7) is 4.81. The number of hydrazine groups is 1. The average Bonchev–Trinajstić information content (AvgIpc) is 3.65. The lowest BCUT2D eigenvalue weighted by Crippen LogP contribution is -2.56. The summed E-state index contributed by atoms with van der Waals surface area (Å²) in [5.41, 5.74) is 6.52. The number of alkyl halides is 3. The number of imidazole rings is 2. The van der Waals surface area contributed by atoms with Gasteiger partial charge in [0.1, 0.15) is 23.0 Å². The van der Waals surface area contributed by atoms with Gasteiger partial charge in [0.15, 0.2) is 5.82 Å². The number of fused-ring (bicyclic) bond motifs is 1. The van der Waals surface area contributed by atoms with Crippen molar-refractivity contribution in [2.45, 2.75) is 18.8 Å². The summed E-state index contributed by atoms with van der Waals surface area (Å²) in [4.78, 5) is 25.6. The molecule has 6 rings (SSSR count). The third kappa shape index (κ3) is 4.40. The van der Waals surface area contributed by atoms with Gasteiger partial charge < -0.3 is 9.88 Å². The van der Waals surface area contributed by atoms with Crippen molar-refractivity contribution in [3.8, 4) is 11.5 Å². The van der Waals surface area contributed by atoms with Gasteiger partial charge >= 0.3 is 6.18 Å². The number of H-pyrrole nitrogens is 1. The van der Waals surface area contributed by atoms with Crippen LogP contribution >= 0.6 is 0 Å². The van der Waals surface area contributed by atoms with E-state index in [1.807, 2.05) is 12.3 Å². The number of rotatable bonds is 5. The predicted octanol–water partition coefficient (Wildman–Crippen LogP) is 1.95. The van der Waals surface area contributed by atoms with E-state index in [1.54, 1.807) is 12.4 Å².